The number of nitrogens with zero attached hydrogens (tertiary/aromatic N) is 2. The summed E-state index contributed by atoms with van der Waals surface area (Å²) in [7, 11) is 1.52. The molecule has 0 aliphatic heterocycles. The molecular formula is C16H19N3O5. The van der Waals surface area contributed by atoms with Crippen molar-refractivity contribution >= 4 is 22.9 Å². The van der Waals surface area contributed by atoms with E-state index in [0.29, 0.717) is 17.8 Å². The highest BCUT2D eigenvalue weighted by molar-refractivity contribution is 5.84. The largest absolute Gasteiger partial charge is 0.480 e. The monoisotopic (exact) mass is 333 g/mol. The van der Waals surface area contributed by atoms with Crippen LogP contribution in [0.3, 0.4) is 0 Å². The van der Waals surface area contributed by atoms with E-state index in [2.05, 4.69) is 15.3 Å². The molecule has 0 unspecified atom stereocenters. The number of fused-ring (bicyclic) bond motifs is 1. The lowest BCUT2D eigenvalue weighted by atomic mass is 10.1. The molecule has 1 amide bonds. The summed E-state index contributed by atoms with van der Waals surface area (Å²) < 4.78 is 9.86. The number of carbonyl (C=O) groups excluding carboxylic acids is 1. The van der Waals surface area contributed by atoms with Crippen molar-refractivity contribution < 1.29 is 24.2 Å². The van der Waals surface area contributed by atoms with Gasteiger partial charge in [-0.3, -0.25) is 9.78 Å². The fourth-order valence-electron chi connectivity index (χ4n) is 2.05. The second kappa shape index (κ2) is 8.90. The Labute approximate surface area is 138 Å². The number of aromatic nitrogens is 2. The van der Waals surface area contributed by atoms with Crippen molar-refractivity contribution in [3.8, 4) is 0 Å². The third-order valence-corrected chi connectivity index (χ3v) is 3.21. The molecule has 0 aliphatic carbocycles. The Morgan fingerprint density at radius 1 is 1.25 bits per heavy atom. The molecule has 0 fully saturated rings. The number of ether oxygens (including phenoxy) is 2. The molecule has 0 aliphatic rings. The first-order chi connectivity index (χ1) is 11.6. The number of aliphatic carboxylic acids is 1. The number of nitrogens with one attached hydrogen (secondary N) is 1. The Hall–Kier alpha value is -2.58. The molecule has 0 spiro atoms. The minimum Gasteiger partial charge on any atom is -0.480 e. The second-order valence-electron chi connectivity index (χ2n) is 5.06. The zero-order valence-corrected chi connectivity index (χ0v) is 13.3. The van der Waals surface area contributed by atoms with Crippen molar-refractivity contribution in [3.05, 3.63) is 36.2 Å². The number of para-hydroxylation sites is 2. The number of amides is 1. The number of hydrogen-bond acceptors (Lipinski definition) is 6. The van der Waals surface area contributed by atoms with E-state index in [9.17, 15) is 14.7 Å². The molecule has 2 rings (SSSR count). The fourth-order valence-corrected chi connectivity index (χ4v) is 2.05. The van der Waals surface area contributed by atoms with Crippen LogP contribution in [0, 0.1) is 0 Å². The van der Waals surface area contributed by atoms with Gasteiger partial charge in [-0.1, -0.05) is 12.1 Å². The van der Waals surface area contributed by atoms with Gasteiger partial charge in [0, 0.05) is 19.7 Å². The first-order valence-electron chi connectivity index (χ1n) is 7.39. The van der Waals surface area contributed by atoms with Gasteiger partial charge in [0.15, 0.2) is 0 Å². The number of rotatable bonds is 9. The van der Waals surface area contributed by atoms with Gasteiger partial charge in [0.1, 0.15) is 12.6 Å². The van der Waals surface area contributed by atoms with Crippen LogP contribution in [0.15, 0.2) is 30.5 Å². The van der Waals surface area contributed by atoms with Crippen molar-refractivity contribution in [1.29, 1.82) is 0 Å². The molecule has 1 aromatic heterocycles. The first-order valence-corrected chi connectivity index (χ1v) is 7.39. The van der Waals surface area contributed by atoms with E-state index < -0.39 is 17.9 Å². The fraction of sp³-hybridized carbons (Fsp3) is 0.375. The maximum Gasteiger partial charge on any atom is 0.326 e. The van der Waals surface area contributed by atoms with Crippen molar-refractivity contribution in [3.63, 3.8) is 0 Å². The van der Waals surface area contributed by atoms with Crippen molar-refractivity contribution in [2.75, 3.05) is 26.9 Å². The molecule has 24 heavy (non-hydrogen) atoms. The molecule has 2 N–H and O–H groups in total. The topological polar surface area (TPSA) is 111 Å². The van der Waals surface area contributed by atoms with Crippen molar-refractivity contribution in [2.45, 2.75) is 12.5 Å². The molecular weight excluding hydrogens is 314 g/mol. The maximum absolute atomic E-state index is 11.7. The van der Waals surface area contributed by atoms with Crippen LogP contribution in [0.25, 0.3) is 11.0 Å². The molecule has 0 bridgehead atoms. The molecule has 1 heterocycles. The smallest absolute Gasteiger partial charge is 0.326 e. The highest BCUT2D eigenvalue weighted by Crippen LogP contribution is 2.09. The van der Waals surface area contributed by atoms with E-state index in [1.54, 1.807) is 6.07 Å². The Morgan fingerprint density at radius 3 is 2.71 bits per heavy atom. The van der Waals surface area contributed by atoms with Crippen LogP contribution in [0.1, 0.15) is 5.69 Å². The molecule has 128 valence electrons. The summed E-state index contributed by atoms with van der Waals surface area (Å²) in [5.41, 5.74) is 1.89. The second-order valence-corrected chi connectivity index (χ2v) is 5.06. The van der Waals surface area contributed by atoms with Crippen LogP contribution < -0.4 is 5.32 Å². The summed E-state index contributed by atoms with van der Waals surface area (Å²) in [5, 5.41) is 11.7. The lowest BCUT2D eigenvalue weighted by Crippen LogP contribution is -2.44. The summed E-state index contributed by atoms with van der Waals surface area (Å²) in [6, 6.07) is 6.19. The maximum atomic E-state index is 11.7. The van der Waals surface area contributed by atoms with E-state index in [-0.39, 0.29) is 19.6 Å². The minimum atomic E-state index is -1.14. The number of hydrogen-bond donors (Lipinski definition) is 2. The van der Waals surface area contributed by atoms with Gasteiger partial charge in [0.25, 0.3) is 0 Å². The number of carboxylic acid groups (broad SMARTS) is 1. The SMILES string of the molecule is COCCOCC(=O)N[C@@H](Cc1cnc2ccccc2n1)C(=O)O. The Morgan fingerprint density at radius 2 is 2.00 bits per heavy atom. The third kappa shape index (κ3) is 5.25. The van der Waals surface area contributed by atoms with E-state index in [0.717, 1.165) is 5.52 Å². The average Bonchev–Trinajstić information content (AvgIpc) is 2.58. The predicted molar refractivity (Wildman–Crippen MR) is 85.5 cm³/mol. The van der Waals surface area contributed by atoms with Gasteiger partial charge in [-0.15, -0.1) is 0 Å². The zero-order valence-electron chi connectivity index (χ0n) is 13.3. The van der Waals surface area contributed by atoms with Gasteiger partial charge < -0.3 is 19.9 Å². The summed E-state index contributed by atoms with van der Waals surface area (Å²) in [6.45, 7) is 0.399. The van der Waals surface area contributed by atoms with Gasteiger partial charge in [-0.05, 0) is 12.1 Å². The van der Waals surface area contributed by atoms with E-state index >= 15 is 0 Å². The van der Waals surface area contributed by atoms with Gasteiger partial charge in [-0.2, -0.15) is 0 Å². The summed E-state index contributed by atoms with van der Waals surface area (Å²) >= 11 is 0. The number of carbonyl (C=O) groups is 2. The van der Waals surface area contributed by atoms with Gasteiger partial charge in [0.2, 0.25) is 5.91 Å². The highest BCUT2D eigenvalue weighted by Gasteiger charge is 2.21. The quantitative estimate of drug-likeness (QED) is 0.639. The van der Waals surface area contributed by atoms with Crippen molar-refractivity contribution in [2.24, 2.45) is 0 Å². The van der Waals surface area contributed by atoms with Crippen LogP contribution in [-0.4, -0.2) is 59.9 Å². The Kier molecular flexibility index (Phi) is 6.59. The van der Waals surface area contributed by atoms with Crippen molar-refractivity contribution in [1.82, 2.24) is 15.3 Å². The molecule has 0 radical (unpaired) electrons. The number of methoxy groups -OCH3 is 1. The average molecular weight is 333 g/mol. The lowest BCUT2D eigenvalue weighted by Gasteiger charge is -2.14. The van der Waals surface area contributed by atoms with Gasteiger partial charge in [0.05, 0.1) is 29.9 Å². The van der Waals surface area contributed by atoms with Crippen LogP contribution >= 0.6 is 0 Å². The standard InChI is InChI=1S/C16H19N3O5/c1-23-6-7-24-10-15(20)19-14(16(21)22)8-11-9-17-12-4-2-3-5-13(12)18-11/h2-5,9,14H,6-8,10H2,1H3,(H,19,20)(H,21,22)/t14-/m0/s1. The van der Waals surface area contributed by atoms with Crippen LogP contribution in [0.5, 0.6) is 0 Å². The molecule has 0 saturated carbocycles. The summed E-state index contributed by atoms with van der Waals surface area (Å²) in [4.78, 5) is 31.7. The van der Waals surface area contributed by atoms with Gasteiger partial charge >= 0.3 is 5.97 Å². The van der Waals surface area contributed by atoms with Crippen LogP contribution in [-0.2, 0) is 25.5 Å². The lowest BCUT2D eigenvalue weighted by molar-refractivity contribution is -0.142. The first kappa shape index (κ1) is 17.8. The van der Waals surface area contributed by atoms with E-state index in [1.807, 2.05) is 18.2 Å². The number of benzene rings is 1. The zero-order chi connectivity index (χ0) is 17.4. The third-order valence-electron chi connectivity index (χ3n) is 3.21. The molecule has 8 nitrogen and oxygen atoms in total. The molecule has 8 heteroatoms. The van der Waals surface area contributed by atoms with Gasteiger partial charge in [-0.25, -0.2) is 9.78 Å². The Balaban J connectivity index is 1.96. The highest BCUT2D eigenvalue weighted by atomic mass is 16.5. The Bertz CT molecular complexity index is 707. The summed E-state index contributed by atoms with van der Waals surface area (Å²) in [6.07, 6.45) is 1.55. The van der Waals surface area contributed by atoms with E-state index in [4.69, 9.17) is 9.47 Å². The van der Waals surface area contributed by atoms with Crippen LogP contribution in [0.4, 0.5) is 0 Å². The molecule has 1 atom stereocenters. The normalized spacial score (nSPS) is 12.0. The van der Waals surface area contributed by atoms with E-state index in [1.165, 1.54) is 13.3 Å². The van der Waals surface area contributed by atoms with Crippen LogP contribution in [0.2, 0.25) is 0 Å². The minimum absolute atomic E-state index is 0.0387. The molecule has 1 aromatic carbocycles. The predicted octanol–water partition coefficient (Wildman–Crippen LogP) is 0.405. The molecule has 2 aromatic rings. The molecule has 0 saturated heterocycles. The summed E-state index contributed by atoms with van der Waals surface area (Å²) in [5.74, 6) is -1.65. The number of carboxylic acids is 1.